The van der Waals surface area contributed by atoms with Crippen molar-refractivity contribution in [2.24, 2.45) is 5.73 Å². The molecular formula is C18H21ClFN5O3S. The Morgan fingerprint density at radius 1 is 1.34 bits per heavy atom. The van der Waals surface area contributed by atoms with Crippen LogP contribution in [-0.2, 0) is 6.61 Å². The van der Waals surface area contributed by atoms with Crippen LogP contribution in [0.4, 0.5) is 14.2 Å². The molecule has 4 N–H and O–H groups in total. The minimum atomic E-state index is -0.808. The van der Waals surface area contributed by atoms with Gasteiger partial charge in [0, 0.05) is 23.7 Å². The fraction of sp³-hybridized carbons (Fsp3) is 0.389. The Labute approximate surface area is 176 Å². The molecule has 2 aromatic rings. The first-order valence-corrected chi connectivity index (χ1v) is 10.2. The van der Waals surface area contributed by atoms with Crippen LogP contribution in [0.5, 0.6) is 5.88 Å². The predicted molar refractivity (Wildman–Crippen MR) is 109 cm³/mol. The maximum atomic E-state index is 13.9. The van der Waals surface area contributed by atoms with E-state index in [9.17, 15) is 14.0 Å². The maximum Gasteiger partial charge on any atom is 0.319 e. The van der Waals surface area contributed by atoms with E-state index in [0.29, 0.717) is 6.54 Å². The van der Waals surface area contributed by atoms with E-state index in [4.69, 9.17) is 22.1 Å². The summed E-state index contributed by atoms with van der Waals surface area (Å²) < 4.78 is 23.3. The summed E-state index contributed by atoms with van der Waals surface area (Å²) in [5.74, 6) is -1.41. The standard InChI is InChI=1S/C18H21ClFN5O3S/c19-12-4-3-11(13(20)9-12)10-28-16-14(15(21)26)17(29-24-16)23-18(27)22-5-8-25-6-1-2-7-25/h3-4,9H,1-2,5-8,10H2,(H2,21,26)(H2,22,23,27). The zero-order valence-corrected chi connectivity index (χ0v) is 17.1. The van der Waals surface area contributed by atoms with E-state index in [0.717, 1.165) is 37.2 Å². The molecular weight excluding hydrogens is 421 g/mol. The molecule has 1 aliphatic rings. The minimum Gasteiger partial charge on any atom is -0.471 e. The number of likely N-dealkylation sites (tertiary alicyclic amines) is 1. The van der Waals surface area contributed by atoms with Crippen LogP contribution in [0.15, 0.2) is 18.2 Å². The molecule has 0 bridgehead atoms. The van der Waals surface area contributed by atoms with Gasteiger partial charge in [-0.2, -0.15) is 4.37 Å². The van der Waals surface area contributed by atoms with Gasteiger partial charge < -0.3 is 20.7 Å². The Hall–Kier alpha value is -2.43. The average molecular weight is 442 g/mol. The molecule has 0 spiro atoms. The molecule has 3 amide bonds. The lowest BCUT2D eigenvalue weighted by Crippen LogP contribution is -2.36. The monoisotopic (exact) mass is 441 g/mol. The third-order valence-electron chi connectivity index (χ3n) is 4.43. The predicted octanol–water partition coefficient (Wildman–Crippen LogP) is 2.83. The summed E-state index contributed by atoms with van der Waals surface area (Å²) in [6.07, 6.45) is 2.36. The lowest BCUT2D eigenvalue weighted by atomic mass is 10.2. The molecule has 11 heteroatoms. The Bertz CT molecular complexity index is 888. The number of ether oxygens (including phenoxy) is 1. The average Bonchev–Trinajstić information content (AvgIpc) is 3.31. The van der Waals surface area contributed by atoms with E-state index in [1.54, 1.807) is 0 Å². The SMILES string of the molecule is NC(=O)c1c(OCc2ccc(Cl)cc2F)nsc1NC(=O)NCCN1CCCC1. The van der Waals surface area contributed by atoms with Crippen LogP contribution in [0, 0.1) is 5.82 Å². The molecule has 1 aliphatic heterocycles. The second-order valence-electron chi connectivity index (χ2n) is 6.51. The van der Waals surface area contributed by atoms with Crippen molar-refractivity contribution in [3.05, 3.63) is 40.2 Å². The number of halogens is 2. The van der Waals surface area contributed by atoms with E-state index in [1.807, 2.05) is 0 Å². The molecule has 0 unspecified atom stereocenters. The van der Waals surface area contributed by atoms with E-state index in [-0.39, 0.29) is 33.6 Å². The minimum absolute atomic E-state index is 0.0564. The quantitative estimate of drug-likeness (QED) is 0.583. The van der Waals surface area contributed by atoms with Crippen LogP contribution in [0.1, 0.15) is 28.8 Å². The lowest BCUT2D eigenvalue weighted by molar-refractivity contribution is 0.0996. The number of rotatable bonds is 8. The number of urea groups is 1. The van der Waals surface area contributed by atoms with E-state index in [1.165, 1.54) is 25.0 Å². The lowest BCUT2D eigenvalue weighted by Gasteiger charge is -2.14. The van der Waals surface area contributed by atoms with E-state index >= 15 is 0 Å². The first-order chi connectivity index (χ1) is 13.9. The molecule has 1 aromatic heterocycles. The molecule has 2 heterocycles. The molecule has 156 valence electrons. The van der Waals surface area contributed by atoms with Crippen LogP contribution >= 0.6 is 23.1 Å². The number of nitrogens with zero attached hydrogens (tertiary/aromatic N) is 2. The number of primary amides is 1. The zero-order valence-electron chi connectivity index (χ0n) is 15.5. The largest absolute Gasteiger partial charge is 0.471 e. The number of benzene rings is 1. The third kappa shape index (κ3) is 5.78. The van der Waals surface area contributed by atoms with Gasteiger partial charge in [-0.25, -0.2) is 9.18 Å². The summed E-state index contributed by atoms with van der Waals surface area (Å²) in [5.41, 5.74) is 5.60. The Balaban J connectivity index is 1.58. The number of carbonyl (C=O) groups excluding carboxylic acids is 2. The highest BCUT2D eigenvalue weighted by Gasteiger charge is 2.22. The first-order valence-electron chi connectivity index (χ1n) is 9.07. The summed E-state index contributed by atoms with van der Waals surface area (Å²) in [6.45, 7) is 3.15. The van der Waals surface area contributed by atoms with Gasteiger partial charge in [-0.3, -0.25) is 10.1 Å². The van der Waals surface area contributed by atoms with Crippen molar-refractivity contribution in [2.75, 3.05) is 31.5 Å². The van der Waals surface area contributed by atoms with Crippen LogP contribution in [0.25, 0.3) is 0 Å². The topological polar surface area (TPSA) is 110 Å². The van der Waals surface area contributed by atoms with Crippen molar-refractivity contribution < 1.29 is 18.7 Å². The van der Waals surface area contributed by atoms with Gasteiger partial charge in [0.1, 0.15) is 23.0 Å². The third-order valence-corrected chi connectivity index (χ3v) is 5.41. The van der Waals surface area contributed by atoms with Crippen LogP contribution in [-0.4, -0.2) is 47.4 Å². The van der Waals surface area contributed by atoms with Crippen molar-refractivity contribution in [1.82, 2.24) is 14.6 Å². The van der Waals surface area contributed by atoms with Crippen molar-refractivity contribution in [1.29, 1.82) is 0 Å². The molecule has 1 fully saturated rings. The summed E-state index contributed by atoms with van der Waals surface area (Å²) in [6, 6.07) is 3.70. The highest BCUT2D eigenvalue weighted by molar-refractivity contribution is 7.11. The smallest absolute Gasteiger partial charge is 0.319 e. The number of anilines is 1. The molecule has 0 atom stereocenters. The highest BCUT2D eigenvalue weighted by atomic mass is 35.5. The van der Waals surface area contributed by atoms with Gasteiger partial charge in [-0.1, -0.05) is 17.7 Å². The summed E-state index contributed by atoms with van der Waals surface area (Å²) in [5, 5.41) is 5.74. The number of aromatic nitrogens is 1. The summed E-state index contributed by atoms with van der Waals surface area (Å²) in [4.78, 5) is 26.2. The fourth-order valence-corrected chi connectivity index (χ4v) is 3.84. The van der Waals surface area contributed by atoms with E-state index < -0.39 is 17.8 Å². The van der Waals surface area contributed by atoms with Gasteiger partial charge in [0.15, 0.2) is 0 Å². The Morgan fingerprint density at radius 3 is 2.79 bits per heavy atom. The Morgan fingerprint density at radius 2 is 2.10 bits per heavy atom. The molecule has 3 rings (SSSR count). The highest BCUT2D eigenvalue weighted by Crippen LogP contribution is 2.31. The molecule has 0 saturated carbocycles. The number of hydrogen-bond acceptors (Lipinski definition) is 6. The summed E-state index contributed by atoms with van der Waals surface area (Å²) >= 11 is 6.58. The van der Waals surface area contributed by atoms with Gasteiger partial charge in [-0.05, 0) is 49.6 Å². The van der Waals surface area contributed by atoms with Crippen molar-refractivity contribution in [3.63, 3.8) is 0 Å². The molecule has 8 nitrogen and oxygen atoms in total. The van der Waals surface area contributed by atoms with Gasteiger partial charge in [0.05, 0.1) is 0 Å². The molecule has 0 radical (unpaired) electrons. The molecule has 1 saturated heterocycles. The van der Waals surface area contributed by atoms with Crippen LogP contribution in [0.3, 0.4) is 0 Å². The number of nitrogens with one attached hydrogen (secondary N) is 2. The first kappa shape index (κ1) is 21.3. The van der Waals surface area contributed by atoms with E-state index in [2.05, 4.69) is 19.9 Å². The van der Waals surface area contributed by atoms with Crippen LogP contribution < -0.4 is 21.1 Å². The molecule has 0 aliphatic carbocycles. The van der Waals surface area contributed by atoms with Crippen molar-refractivity contribution in [2.45, 2.75) is 19.4 Å². The van der Waals surface area contributed by atoms with Crippen molar-refractivity contribution in [3.8, 4) is 5.88 Å². The normalized spacial score (nSPS) is 14.0. The zero-order chi connectivity index (χ0) is 20.8. The van der Waals surface area contributed by atoms with Crippen LogP contribution in [0.2, 0.25) is 5.02 Å². The fourth-order valence-electron chi connectivity index (χ4n) is 2.94. The van der Waals surface area contributed by atoms with Gasteiger partial charge >= 0.3 is 6.03 Å². The van der Waals surface area contributed by atoms with Gasteiger partial charge in [-0.15, -0.1) is 0 Å². The molecule has 1 aromatic carbocycles. The number of nitrogens with two attached hydrogens (primary N) is 1. The number of carbonyl (C=O) groups is 2. The Kier molecular flexibility index (Phi) is 7.24. The van der Waals surface area contributed by atoms with Gasteiger partial charge in [0.2, 0.25) is 5.88 Å². The summed E-state index contributed by atoms with van der Waals surface area (Å²) in [7, 11) is 0. The van der Waals surface area contributed by atoms with Gasteiger partial charge in [0.25, 0.3) is 5.91 Å². The number of hydrogen-bond donors (Lipinski definition) is 3. The van der Waals surface area contributed by atoms with Crippen molar-refractivity contribution >= 4 is 40.1 Å². The molecule has 29 heavy (non-hydrogen) atoms. The second-order valence-corrected chi connectivity index (χ2v) is 7.72. The maximum absolute atomic E-state index is 13.9. The number of amides is 3. The second kappa shape index (κ2) is 9.86.